The molecule has 0 amide bonds. The van der Waals surface area contributed by atoms with E-state index in [1.807, 2.05) is 6.07 Å². The van der Waals surface area contributed by atoms with Gasteiger partial charge in [-0.05, 0) is 30.7 Å². The summed E-state index contributed by atoms with van der Waals surface area (Å²) in [5.74, 6) is -0.498. The second kappa shape index (κ2) is 6.92. The van der Waals surface area contributed by atoms with Crippen LogP contribution in [0.25, 0.3) is 0 Å². The average molecular weight is 310 g/mol. The van der Waals surface area contributed by atoms with E-state index in [1.165, 1.54) is 6.07 Å². The minimum absolute atomic E-state index is 0.0140. The molecule has 0 fully saturated rings. The Hall–Kier alpha value is -1.67. The number of carbonyl (C=O) groups is 2. The van der Waals surface area contributed by atoms with Gasteiger partial charge in [-0.15, -0.1) is 0 Å². The van der Waals surface area contributed by atoms with E-state index < -0.39 is 5.97 Å². The predicted octanol–water partition coefficient (Wildman–Crippen LogP) is 2.24. The third kappa shape index (κ3) is 3.97. The zero-order chi connectivity index (χ0) is 13.5. The molecule has 0 saturated heterocycles. The fraction of sp³-hybridized carbons (Fsp3) is 0.308. The molecule has 0 aliphatic rings. The number of ketones is 1. The molecule has 0 spiro atoms. The number of Topliss-reactive ketones (excluding diaryl/α,β-unsaturated/α-hetero) is 1. The summed E-state index contributed by atoms with van der Waals surface area (Å²) in [4.78, 5) is 22.9. The van der Waals surface area contributed by atoms with Crippen molar-refractivity contribution in [3.05, 3.63) is 34.9 Å². The number of alkyl halides is 1. The predicted molar refractivity (Wildman–Crippen MR) is 69.6 cm³/mol. The molecule has 0 atom stereocenters. The maximum absolute atomic E-state index is 11.6. The molecule has 1 aromatic carbocycles. The van der Waals surface area contributed by atoms with E-state index in [9.17, 15) is 9.59 Å². The molecular weight excluding hydrogens is 298 g/mol. The zero-order valence-electron chi connectivity index (χ0n) is 9.90. The molecule has 1 rings (SSSR count). The maximum Gasteiger partial charge on any atom is 0.338 e. The minimum atomic E-state index is -0.484. The van der Waals surface area contributed by atoms with Gasteiger partial charge in [0.2, 0.25) is 0 Å². The second-order valence-electron chi connectivity index (χ2n) is 3.60. The molecule has 0 bridgehead atoms. The summed E-state index contributed by atoms with van der Waals surface area (Å²) in [5.41, 5.74) is 1.28. The maximum atomic E-state index is 11.6. The largest absolute Gasteiger partial charge is 0.462 e. The van der Waals surface area contributed by atoms with E-state index in [0.29, 0.717) is 16.7 Å². The van der Waals surface area contributed by atoms with Crippen LogP contribution in [0.4, 0.5) is 0 Å². The molecule has 0 N–H and O–H groups in total. The smallest absolute Gasteiger partial charge is 0.338 e. The molecule has 5 heteroatoms. The number of hydrogen-bond donors (Lipinski definition) is 0. The van der Waals surface area contributed by atoms with Crippen molar-refractivity contribution in [1.82, 2.24) is 0 Å². The molecule has 0 unspecified atom stereocenters. The van der Waals surface area contributed by atoms with Crippen LogP contribution in [0.3, 0.4) is 0 Å². The highest BCUT2D eigenvalue weighted by Crippen LogP contribution is 2.12. The van der Waals surface area contributed by atoms with E-state index in [2.05, 4.69) is 15.9 Å². The van der Waals surface area contributed by atoms with Gasteiger partial charge in [-0.2, -0.15) is 5.26 Å². The van der Waals surface area contributed by atoms with Crippen LogP contribution in [0.2, 0.25) is 0 Å². The van der Waals surface area contributed by atoms with Gasteiger partial charge in [-0.1, -0.05) is 15.9 Å². The second-order valence-corrected chi connectivity index (χ2v) is 4.16. The number of esters is 1. The van der Waals surface area contributed by atoms with Crippen molar-refractivity contribution < 1.29 is 14.3 Å². The third-order valence-corrected chi connectivity index (χ3v) is 2.81. The lowest BCUT2D eigenvalue weighted by Gasteiger charge is -2.05. The molecule has 4 nitrogen and oxygen atoms in total. The molecule has 0 aliphatic carbocycles. The quantitative estimate of drug-likeness (QED) is 0.618. The van der Waals surface area contributed by atoms with Gasteiger partial charge in [0.25, 0.3) is 0 Å². The molecule has 0 aliphatic heterocycles. The number of nitriles is 1. The van der Waals surface area contributed by atoms with Gasteiger partial charge in [0.05, 0.1) is 29.1 Å². The standard InChI is InChI=1S/C13H12BrNO3/c1-2-18-13(17)11-4-9(6-12(16)7-14)3-10(5-11)8-15/h3-5H,2,6-7H2,1H3. The molecule has 0 saturated carbocycles. The summed E-state index contributed by atoms with van der Waals surface area (Å²) in [7, 11) is 0. The normalized spacial score (nSPS) is 9.61. The van der Waals surface area contributed by atoms with Crippen LogP contribution >= 0.6 is 15.9 Å². The summed E-state index contributed by atoms with van der Waals surface area (Å²) in [6.07, 6.45) is 0.188. The molecule has 1 aromatic rings. The summed E-state index contributed by atoms with van der Waals surface area (Å²) >= 11 is 3.07. The van der Waals surface area contributed by atoms with E-state index in [4.69, 9.17) is 10.00 Å². The summed E-state index contributed by atoms with van der Waals surface area (Å²) < 4.78 is 4.87. The fourth-order valence-corrected chi connectivity index (χ4v) is 1.66. The van der Waals surface area contributed by atoms with Gasteiger partial charge in [0.15, 0.2) is 0 Å². The van der Waals surface area contributed by atoms with E-state index in [-0.39, 0.29) is 24.1 Å². The number of nitrogens with zero attached hydrogens (tertiary/aromatic N) is 1. The Kier molecular flexibility index (Phi) is 5.53. The van der Waals surface area contributed by atoms with Crippen LogP contribution < -0.4 is 0 Å². The average Bonchev–Trinajstić information content (AvgIpc) is 2.38. The van der Waals surface area contributed by atoms with Crippen molar-refractivity contribution in [3.63, 3.8) is 0 Å². The molecular formula is C13H12BrNO3. The molecule has 0 aromatic heterocycles. The highest BCUT2D eigenvalue weighted by molar-refractivity contribution is 9.09. The lowest BCUT2D eigenvalue weighted by molar-refractivity contribution is -0.115. The monoisotopic (exact) mass is 309 g/mol. The number of rotatable bonds is 5. The Morgan fingerprint density at radius 2 is 2.11 bits per heavy atom. The van der Waals surface area contributed by atoms with E-state index in [0.717, 1.165) is 0 Å². The number of hydrogen-bond acceptors (Lipinski definition) is 4. The minimum Gasteiger partial charge on any atom is -0.462 e. The van der Waals surface area contributed by atoms with Gasteiger partial charge in [-0.25, -0.2) is 4.79 Å². The van der Waals surface area contributed by atoms with Crippen molar-refractivity contribution in [2.45, 2.75) is 13.3 Å². The van der Waals surface area contributed by atoms with Gasteiger partial charge in [0.1, 0.15) is 5.78 Å². The Bertz CT molecular complexity index is 505. The summed E-state index contributed by atoms with van der Waals surface area (Å²) in [6.45, 7) is 1.98. The number of benzene rings is 1. The van der Waals surface area contributed by atoms with Crippen LogP contribution in [0.1, 0.15) is 28.4 Å². The van der Waals surface area contributed by atoms with E-state index >= 15 is 0 Å². The Balaban J connectivity index is 3.06. The highest BCUT2D eigenvalue weighted by Gasteiger charge is 2.11. The van der Waals surface area contributed by atoms with Gasteiger partial charge >= 0.3 is 5.97 Å². The lowest BCUT2D eigenvalue weighted by Crippen LogP contribution is -2.08. The van der Waals surface area contributed by atoms with Crippen LogP contribution in [0, 0.1) is 11.3 Å². The third-order valence-electron chi connectivity index (χ3n) is 2.18. The topological polar surface area (TPSA) is 67.2 Å². The Labute approximate surface area is 114 Å². The molecule has 18 heavy (non-hydrogen) atoms. The van der Waals surface area contributed by atoms with Crippen LogP contribution in [-0.2, 0) is 16.0 Å². The first-order chi connectivity index (χ1) is 8.60. The lowest BCUT2D eigenvalue weighted by atomic mass is 10.0. The first-order valence-corrected chi connectivity index (χ1v) is 6.51. The SMILES string of the molecule is CCOC(=O)c1cc(C#N)cc(CC(=O)CBr)c1. The Morgan fingerprint density at radius 1 is 1.39 bits per heavy atom. The summed E-state index contributed by atoms with van der Waals surface area (Å²) in [6, 6.07) is 6.61. The first-order valence-electron chi connectivity index (χ1n) is 5.39. The van der Waals surface area contributed by atoms with Crippen molar-refractivity contribution in [3.8, 4) is 6.07 Å². The molecule has 0 radical (unpaired) electrons. The van der Waals surface area contributed by atoms with Gasteiger partial charge < -0.3 is 4.74 Å². The van der Waals surface area contributed by atoms with Crippen molar-refractivity contribution >= 4 is 27.7 Å². The number of ether oxygens (including phenoxy) is 1. The van der Waals surface area contributed by atoms with Crippen LogP contribution in [-0.4, -0.2) is 23.7 Å². The number of carbonyl (C=O) groups excluding carboxylic acids is 2. The van der Waals surface area contributed by atoms with Crippen molar-refractivity contribution in [2.75, 3.05) is 11.9 Å². The van der Waals surface area contributed by atoms with Gasteiger partial charge in [0, 0.05) is 6.42 Å². The number of halogens is 1. The van der Waals surface area contributed by atoms with Crippen LogP contribution in [0.15, 0.2) is 18.2 Å². The Morgan fingerprint density at radius 3 is 2.67 bits per heavy atom. The fourth-order valence-electron chi connectivity index (χ4n) is 1.47. The van der Waals surface area contributed by atoms with Gasteiger partial charge in [-0.3, -0.25) is 4.79 Å². The highest BCUT2D eigenvalue weighted by atomic mass is 79.9. The summed E-state index contributed by atoms with van der Waals surface area (Å²) in [5, 5.41) is 9.14. The van der Waals surface area contributed by atoms with Crippen molar-refractivity contribution in [2.24, 2.45) is 0 Å². The van der Waals surface area contributed by atoms with Crippen LogP contribution in [0.5, 0.6) is 0 Å². The first kappa shape index (κ1) is 14.4. The molecule has 0 heterocycles. The molecule has 94 valence electrons. The van der Waals surface area contributed by atoms with Crippen molar-refractivity contribution in [1.29, 1.82) is 5.26 Å². The van der Waals surface area contributed by atoms with E-state index in [1.54, 1.807) is 19.1 Å². The zero-order valence-corrected chi connectivity index (χ0v) is 11.5.